The van der Waals surface area contributed by atoms with E-state index < -0.39 is 23.9 Å². The first-order valence-corrected chi connectivity index (χ1v) is 10.6. The monoisotopic (exact) mass is 432 g/mol. The average Bonchev–Trinajstić information content (AvgIpc) is 3.38. The third kappa shape index (κ3) is 4.75. The van der Waals surface area contributed by atoms with Gasteiger partial charge >= 0.3 is 12.1 Å². The molecule has 0 saturated heterocycles. The van der Waals surface area contributed by atoms with E-state index in [1.54, 1.807) is 0 Å². The molecule has 0 bridgehead atoms. The molecule has 7 nitrogen and oxygen atoms in total. The summed E-state index contributed by atoms with van der Waals surface area (Å²) in [6, 6.07) is 16.0. The number of rotatable bonds is 5. The molecule has 32 heavy (non-hydrogen) atoms. The number of alkyl carbamates (subject to hydrolysis) is 1. The summed E-state index contributed by atoms with van der Waals surface area (Å²) in [7, 11) is 0. The Hall–Kier alpha value is -3.79. The number of hydrogen-bond acceptors (Lipinski definition) is 4. The highest BCUT2D eigenvalue weighted by molar-refractivity contribution is 5.93. The SMILES string of the molecule is O=C(C#CCNC(=O)OCC1c2ccccc2-c2ccccc21)N[C@H]1CC[C@@H](C(=O)O)C1. The van der Waals surface area contributed by atoms with E-state index in [1.165, 1.54) is 0 Å². The summed E-state index contributed by atoms with van der Waals surface area (Å²) in [5, 5.41) is 14.3. The van der Waals surface area contributed by atoms with E-state index in [0.717, 1.165) is 22.3 Å². The van der Waals surface area contributed by atoms with Crippen LogP contribution in [-0.4, -0.2) is 42.3 Å². The van der Waals surface area contributed by atoms with Crippen molar-refractivity contribution in [3.8, 4) is 23.0 Å². The van der Waals surface area contributed by atoms with Crippen molar-refractivity contribution in [2.24, 2.45) is 5.92 Å². The second-order valence-corrected chi connectivity index (χ2v) is 8.00. The lowest BCUT2D eigenvalue weighted by molar-refractivity contribution is -0.141. The minimum atomic E-state index is -0.833. The molecule has 4 rings (SSSR count). The van der Waals surface area contributed by atoms with Gasteiger partial charge in [0.05, 0.1) is 12.5 Å². The Morgan fingerprint density at radius 3 is 2.28 bits per heavy atom. The molecule has 1 saturated carbocycles. The molecule has 0 radical (unpaired) electrons. The van der Waals surface area contributed by atoms with Gasteiger partial charge in [0.15, 0.2) is 0 Å². The van der Waals surface area contributed by atoms with Gasteiger partial charge in [0.25, 0.3) is 5.91 Å². The second-order valence-electron chi connectivity index (χ2n) is 8.00. The van der Waals surface area contributed by atoms with Gasteiger partial charge in [0.2, 0.25) is 0 Å². The summed E-state index contributed by atoms with van der Waals surface area (Å²) in [5.74, 6) is 3.26. The maximum absolute atomic E-state index is 12.1. The van der Waals surface area contributed by atoms with Crippen LogP contribution in [0.1, 0.15) is 36.3 Å². The van der Waals surface area contributed by atoms with Crippen molar-refractivity contribution in [3.63, 3.8) is 0 Å². The van der Waals surface area contributed by atoms with Gasteiger partial charge in [-0.25, -0.2) is 4.79 Å². The first-order chi connectivity index (χ1) is 15.5. The van der Waals surface area contributed by atoms with Crippen molar-refractivity contribution in [1.82, 2.24) is 10.6 Å². The lowest BCUT2D eigenvalue weighted by atomic mass is 9.98. The van der Waals surface area contributed by atoms with E-state index in [2.05, 4.69) is 34.6 Å². The van der Waals surface area contributed by atoms with Gasteiger partial charge in [-0.1, -0.05) is 54.5 Å². The summed E-state index contributed by atoms with van der Waals surface area (Å²) < 4.78 is 5.41. The van der Waals surface area contributed by atoms with Crippen LogP contribution in [0.5, 0.6) is 0 Å². The topological polar surface area (TPSA) is 105 Å². The number of nitrogens with one attached hydrogen (secondary N) is 2. The lowest BCUT2D eigenvalue weighted by Crippen LogP contribution is -2.32. The Bertz CT molecular complexity index is 1060. The maximum atomic E-state index is 12.1. The standard InChI is InChI=1S/C25H24N2O5/c28-23(27-17-12-11-16(14-17)24(29)30)10-5-13-26-25(31)32-15-22-20-8-3-1-6-18(20)19-7-2-4-9-21(19)22/h1-4,6-9,16-17,22H,11-15H2,(H,26,31)(H,27,28)(H,29,30)/t16-,17+/m1/s1. The third-order valence-corrected chi connectivity index (χ3v) is 5.98. The number of benzene rings is 2. The number of carboxylic acids is 1. The highest BCUT2D eigenvalue weighted by atomic mass is 16.5. The number of carbonyl (C=O) groups is 3. The molecule has 164 valence electrons. The van der Waals surface area contributed by atoms with Crippen LogP contribution >= 0.6 is 0 Å². The fraction of sp³-hybridized carbons (Fsp3) is 0.320. The molecule has 2 aromatic carbocycles. The summed E-state index contributed by atoms with van der Waals surface area (Å²) in [6.07, 6.45) is 1.00. The predicted molar refractivity (Wildman–Crippen MR) is 118 cm³/mol. The van der Waals surface area contributed by atoms with Crippen molar-refractivity contribution in [2.45, 2.75) is 31.2 Å². The summed E-state index contributed by atoms with van der Waals surface area (Å²) in [6.45, 7) is 0.187. The van der Waals surface area contributed by atoms with E-state index in [9.17, 15) is 14.4 Å². The van der Waals surface area contributed by atoms with Gasteiger partial charge in [0, 0.05) is 12.0 Å². The van der Waals surface area contributed by atoms with Gasteiger partial charge in [-0.3, -0.25) is 9.59 Å². The van der Waals surface area contributed by atoms with Gasteiger partial charge in [-0.2, -0.15) is 0 Å². The smallest absolute Gasteiger partial charge is 0.407 e. The van der Waals surface area contributed by atoms with E-state index in [1.807, 2.05) is 36.4 Å². The Morgan fingerprint density at radius 1 is 1.00 bits per heavy atom. The number of carboxylic acid groups (broad SMARTS) is 1. The molecule has 2 aromatic rings. The van der Waals surface area contributed by atoms with E-state index in [-0.39, 0.29) is 25.1 Å². The molecule has 1 fully saturated rings. The van der Waals surface area contributed by atoms with Crippen molar-refractivity contribution in [3.05, 3.63) is 59.7 Å². The molecule has 2 aliphatic carbocycles. The summed E-state index contributed by atoms with van der Waals surface area (Å²) >= 11 is 0. The minimum Gasteiger partial charge on any atom is -0.481 e. The number of hydrogen-bond donors (Lipinski definition) is 3. The van der Waals surface area contributed by atoms with Crippen LogP contribution in [0.2, 0.25) is 0 Å². The van der Waals surface area contributed by atoms with Crippen molar-refractivity contribution < 1.29 is 24.2 Å². The highest BCUT2D eigenvalue weighted by Gasteiger charge is 2.30. The Labute approximate surface area is 186 Å². The molecule has 0 spiro atoms. The molecular formula is C25H24N2O5. The number of aliphatic carboxylic acids is 1. The second kappa shape index (κ2) is 9.56. The zero-order valence-corrected chi connectivity index (χ0v) is 17.5. The number of amides is 2. The number of ether oxygens (including phenoxy) is 1. The van der Waals surface area contributed by atoms with Crippen LogP contribution in [0.3, 0.4) is 0 Å². The van der Waals surface area contributed by atoms with E-state index in [4.69, 9.17) is 9.84 Å². The lowest BCUT2D eigenvalue weighted by Gasteiger charge is -2.14. The summed E-state index contributed by atoms with van der Waals surface area (Å²) in [4.78, 5) is 34.9. The van der Waals surface area contributed by atoms with Crippen molar-refractivity contribution in [2.75, 3.05) is 13.2 Å². The highest BCUT2D eigenvalue weighted by Crippen LogP contribution is 2.44. The molecule has 3 N–H and O–H groups in total. The number of fused-ring (bicyclic) bond motifs is 3. The molecule has 0 aliphatic heterocycles. The summed E-state index contributed by atoms with van der Waals surface area (Å²) in [5.41, 5.74) is 4.59. The first-order valence-electron chi connectivity index (χ1n) is 10.6. The molecule has 0 aromatic heterocycles. The molecule has 2 amide bonds. The Morgan fingerprint density at radius 2 is 1.66 bits per heavy atom. The van der Waals surface area contributed by atoms with Gasteiger partial charge in [-0.15, -0.1) is 0 Å². The zero-order valence-electron chi connectivity index (χ0n) is 17.5. The fourth-order valence-corrected chi connectivity index (χ4v) is 4.45. The molecular weight excluding hydrogens is 408 g/mol. The molecule has 0 heterocycles. The minimum absolute atomic E-state index is 0.0213. The number of carbonyl (C=O) groups excluding carboxylic acids is 2. The molecule has 2 atom stereocenters. The van der Waals surface area contributed by atoms with Crippen LogP contribution in [-0.2, 0) is 14.3 Å². The normalized spacial score (nSPS) is 18.6. The largest absolute Gasteiger partial charge is 0.481 e. The van der Waals surface area contributed by atoms with Crippen LogP contribution in [0.4, 0.5) is 4.79 Å². The van der Waals surface area contributed by atoms with Crippen LogP contribution < -0.4 is 10.6 Å². The maximum Gasteiger partial charge on any atom is 0.407 e. The molecule has 2 aliphatic rings. The van der Waals surface area contributed by atoms with Crippen LogP contribution in [0.25, 0.3) is 11.1 Å². The molecule has 0 unspecified atom stereocenters. The fourth-order valence-electron chi connectivity index (χ4n) is 4.45. The van der Waals surface area contributed by atoms with Crippen molar-refractivity contribution in [1.29, 1.82) is 0 Å². The third-order valence-electron chi connectivity index (χ3n) is 5.98. The van der Waals surface area contributed by atoms with Gasteiger partial charge in [0.1, 0.15) is 6.61 Å². The van der Waals surface area contributed by atoms with Crippen molar-refractivity contribution >= 4 is 18.0 Å². The van der Waals surface area contributed by atoms with Gasteiger partial charge < -0.3 is 20.5 Å². The van der Waals surface area contributed by atoms with Crippen LogP contribution in [0.15, 0.2) is 48.5 Å². The molecule has 7 heteroatoms. The Kier molecular flexibility index (Phi) is 6.41. The van der Waals surface area contributed by atoms with E-state index in [0.29, 0.717) is 19.3 Å². The quantitative estimate of drug-likeness (QED) is 0.630. The predicted octanol–water partition coefficient (Wildman–Crippen LogP) is 2.90. The van der Waals surface area contributed by atoms with E-state index >= 15 is 0 Å². The van der Waals surface area contributed by atoms with Crippen LogP contribution in [0, 0.1) is 17.8 Å². The first kappa shape index (κ1) is 21.4. The Balaban J connectivity index is 1.23. The average molecular weight is 432 g/mol. The van der Waals surface area contributed by atoms with Gasteiger partial charge in [-0.05, 0) is 47.4 Å². The zero-order chi connectivity index (χ0) is 22.5.